The Morgan fingerprint density at radius 2 is 1.82 bits per heavy atom. The molecule has 1 aliphatic heterocycles. The summed E-state index contributed by atoms with van der Waals surface area (Å²) in [5.41, 5.74) is 2.43. The Morgan fingerprint density at radius 1 is 1.07 bits per heavy atom. The summed E-state index contributed by atoms with van der Waals surface area (Å²) in [7, 11) is -3.56. The summed E-state index contributed by atoms with van der Waals surface area (Å²) >= 11 is 6.03. The van der Waals surface area contributed by atoms with Gasteiger partial charge >= 0.3 is 0 Å². The van der Waals surface area contributed by atoms with Crippen molar-refractivity contribution in [1.82, 2.24) is 10.3 Å². The van der Waals surface area contributed by atoms with Crippen LogP contribution in [-0.4, -0.2) is 50.3 Å². The Balaban J connectivity index is 1.25. The predicted octanol–water partition coefficient (Wildman–Crippen LogP) is 3.98. The van der Waals surface area contributed by atoms with Gasteiger partial charge in [0.2, 0.25) is 5.91 Å². The molecule has 2 aromatic carbocycles. The first-order chi connectivity index (χ1) is 19.1. The highest BCUT2D eigenvalue weighted by Crippen LogP contribution is 2.32. The van der Waals surface area contributed by atoms with E-state index in [-0.39, 0.29) is 28.2 Å². The van der Waals surface area contributed by atoms with E-state index in [1.807, 2.05) is 29.2 Å². The molecule has 2 heterocycles. The molecule has 1 unspecified atom stereocenters. The number of Topliss-reactive ketones (excluding diaryl/α,β-unsaturated/α-hetero) is 1. The van der Waals surface area contributed by atoms with Gasteiger partial charge in [-0.3, -0.25) is 14.4 Å². The first-order valence-electron chi connectivity index (χ1n) is 13.0. The number of hydrogen-bond donors (Lipinski definition) is 2. The highest BCUT2D eigenvalue weighted by Gasteiger charge is 2.32. The van der Waals surface area contributed by atoms with Gasteiger partial charge in [0.15, 0.2) is 21.4 Å². The van der Waals surface area contributed by atoms with Crippen LogP contribution in [0.4, 0.5) is 11.5 Å². The van der Waals surface area contributed by atoms with Gasteiger partial charge in [-0.05, 0) is 54.2 Å². The van der Waals surface area contributed by atoms with Crippen molar-refractivity contribution in [2.45, 2.75) is 36.6 Å². The molecule has 2 amide bonds. The van der Waals surface area contributed by atoms with Gasteiger partial charge in [0.05, 0.1) is 10.6 Å². The fraction of sp³-hybridized carbons (Fsp3) is 0.310. The van der Waals surface area contributed by atoms with Crippen LogP contribution in [0.1, 0.15) is 46.8 Å². The zero-order valence-electron chi connectivity index (χ0n) is 21.9. The summed E-state index contributed by atoms with van der Waals surface area (Å²) in [6, 6.07) is 14.8. The van der Waals surface area contributed by atoms with Gasteiger partial charge in [0.1, 0.15) is 6.04 Å². The Kier molecular flexibility index (Phi) is 7.91. The van der Waals surface area contributed by atoms with E-state index >= 15 is 0 Å². The maximum atomic E-state index is 12.9. The molecule has 3 aromatic rings. The van der Waals surface area contributed by atoms with Crippen LogP contribution in [0.2, 0.25) is 5.02 Å². The molecule has 208 valence electrons. The minimum atomic E-state index is -3.56. The van der Waals surface area contributed by atoms with E-state index in [1.165, 1.54) is 18.3 Å². The summed E-state index contributed by atoms with van der Waals surface area (Å²) in [5.74, 6) is -0.0219. The number of rotatable bonds is 7. The molecule has 1 aromatic heterocycles. The Hall–Kier alpha value is -3.76. The lowest BCUT2D eigenvalue weighted by Gasteiger charge is -2.33. The molecule has 2 N–H and O–H groups in total. The van der Waals surface area contributed by atoms with Gasteiger partial charge in [-0.25, -0.2) is 13.4 Å². The zero-order chi connectivity index (χ0) is 28.4. The largest absolute Gasteiger partial charge is 0.355 e. The lowest BCUT2D eigenvalue weighted by molar-refractivity contribution is -0.127. The van der Waals surface area contributed by atoms with Crippen molar-refractivity contribution in [2.75, 3.05) is 29.6 Å². The molecule has 0 saturated carbocycles. The molecule has 0 bridgehead atoms. The number of halogens is 1. The molecule has 40 heavy (non-hydrogen) atoms. The Bertz CT molecular complexity index is 1580. The van der Waals surface area contributed by atoms with Gasteiger partial charge in [-0.2, -0.15) is 0 Å². The number of nitrogens with one attached hydrogen (secondary N) is 2. The Morgan fingerprint density at radius 3 is 2.55 bits per heavy atom. The fourth-order valence-corrected chi connectivity index (χ4v) is 6.00. The summed E-state index contributed by atoms with van der Waals surface area (Å²) in [6.45, 7) is 1.13. The van der Waals surface area contributed by atoms with Crippen molar-refractivity contribution in [3.63, 3.8) is 0 Å². The lowest BCUT2D eigenvalue weighted by Crippen LogP contribution is -2.38. The van der Waals surface area contributed by atoms with Crippen LogP contribution >= 0.6 is 11.6 Å². The van der Waals surface area contributed by atoms with Gasteiger partial charge in [-0.1, -0.05) is 41.9 Å². The molecule has 1 atom stereocenters. The SMILES string of the molecule is CS(=O)(=O)c1cnc(N2CCC(CC(=O)NC3C(=O)Cc4ccccc43)CC2)c(NC(=O)c2cccc(Cl)c2)c1. The van der Waals surface area contributed by atoms with E-state index in [1.54, 1.807) is 18.2 Å². The van der Waals surface area contributed by atoms with E-state index in [0.717, 1.165) is 17.4 Å². The average molecular weight is 581 g/mol. The highest BCUT2D eigenvalue weighted by molar-refractivity contribution is 7.90. The van der Waals surface area contributed by atoms with Crippen LogP contribution in [0.15, 0.2) is 65.7 Å². The van der Waals surface area contributed by atoms with E-state index in [9.17, 15) is 22.8 Å². The molecule has 1 saturated heterocycles. The number of anilines is 2. The second-order valence-corrected chi connectivity index (χ2v) is 12.7. The number of aromatic nitrogens is 1. The number of nitrogens with zero attached hydrogens (tertiary/aromatic N) is 2. The van der Waals surface area contributed by atoms with Gasteiger partial charge < -0.3 is 15.5 Å². The van der Waals surface area contributed by atoms with Crippen LogP contribution in [0.25, 0.3) is 0 Å². The molecular formula is C29H29ClN4O5S. The van der Waals surface area contributed by atoms with Crippen molar-refractivity contribution >= 4 is 50.5 Å². The number of carbonyl (C=O) groups excluding carboxylic acids is 3. The number of piperidine rings is 1. The minimum absolute atomic E-state index is 0.000310. The number of amides is 2. The normalized spacial score (nSPS) is 17.4. The molecule has 0 spiro atoms. The maximum Gasteiger partial charge on any atom is 0.255 e. The second-order valence-electron chi connectivity index (χ2n) is 10.3. The number of pyridine rings is 1. The molecule has 11 heteroatoms. The van der Waals surface area contributed by atoms with Gasteiger partial charge in [-0.15, -0.1) is 0 Å². The third-order valence-corrected chi connectivity index (χ3v) is 8.67. The standard InChI is InChI=1S/C29H29ClN4O5S/c1-40(38,39)22-16-24(32-29(37)20-6-4-7-21(30)14-20)28(31-17-22)34-11-9-18(10-12-34)13-26(36)33-27-23-8-3-2-5-19(23)15-25(27)35/h2-8,14,16-18,27H,9-13,15H2,1H3,(H,32,37)(H,33,36). The molecule has 0 radical (unpaired) electrons. The second kappa shape index (κ2) is 11.4. The highest BCUT2D eigenvalue weighted by atomic mass is 35.5. The molecule has 2 aliphatic rings. The van der Waals surface area contributed by atoms with E-state index in [0.29, 0.717) is 55.2 Å². The summed E-state index contributed by atoms with van der Waals surface area (Å²) < 4.78 is 24.4. The molecule has 5 rings (SSSR count). The van der Waals surface area contributed by atoms with Crippen LogP contribution in [0.5, 0.6) is 0 Å². The van der Waals surface area contributed by atoms with Crippen LogP contribution in [0, 0.1) is 5.92 Å². The first kappa shape index (κ1) is 27.8. The fourth-order valence-electron chi connectivity index (χ4n) is 5.24. The number of ketones is 1. The minimum Gasteiger partial charge on any atom is -0.355 e. The van der Waals surface area contributed by atoms with E-state index in [2.05, 4.69) is 15.6 Å². The van der Waals surface area contributed by atoms with Gasteiger partial charge in [0, 0.05) is 49.0 Å². The van der Waals surface area contributed by atoms with Crippen molar-refractivity contribution in [2.24, 2.45) is 5.92 Å². The van der Waals surface area contributed by atoms with Crippen molar-refractivity contribution < 1.29 is 22.8 Å². The third-order valence-electron chi connectivity index (χ3n) is 7.35. The molecule has 9 nitrogen and oxygen atoms in total. The van der Waals surface area contributed by atoms with Crippen LogP contribution in [0.3, 0.4) is 0 Å². The quantitative estimate of drug-likeness (QED) is 0.433. The monoisotopic (exact) mass is 580 g/mol. The van der Waals surface area contributed by atoms with Crippen molar-refractivity contribution in [1.29, 1.82) is 0 Å². The number of fused-ring (bicyclic) bond motifs is 1. The zero-order valence-corrected chi connectivity index (χ0v) is 23.5. The van der Waals surface area contributed by atoms with E-state index < -0.39 is 21.8 Å². The number of hydrogen-bond acceptors (Lipinski definition) is 7. The van der Waals surface area contributed by atoms with Gasteiger partial charge in [0.25, 0.3) is 5.91 Å². The maximum absolute atomic E-state index is 12.9. The smallest absolute Gasteiger partial charge is 0.255 e. The number of carbonyl (C=O) groups is 3. The summed E-state index contributed by atoms with van der Waals surface area (Å²) in [4.78, 5) is 44.6. The first-order valence-corrected chi connectivity index (χ1v) is 15.3. The number of sulfone groups is 1. The van der Waals surface area contributed by atoms with Crippen molar-refractivity contribution in [3.8, 4) is 0 Å². The average Bonchev–Trinajstić information content (AvgIpc) is 3.23. The third kappa shape index (κ3) is 6.18. The van der Waals surface area contributed by atoms with Crippen molar-refractivity contribution in [3.05, 3.63) is 82.5 Å². The summed E-state index contributed by atoms with van der Waals surface area (Å²) in [5, 5.41) is 6.12. The van der Waals surface area contributed by atoms with Crippen LogP contribution in [-0.2, 0) is 25.8 Å². The topological polar surface area (TPSA) is 126 Å². The molecular weight excluding hydrogens is 552 g/mol. The van der Waals surface area contributed by atoms with Crippen LogP contribution < -0.4 is 15.5 Å². The summed E-state index contributed by atoms with van der Waals surface area (Å²) in [6.07, 6.45) is 4.40. The predicted molar refractivity (Wildman–Crippen MR) is 152 cm³/mol. The lowest BCUT2D eigenvalue weighted by atomic mass is 9.93. The number of benzene rings is 2. The van der Waals surface area contributed by atoms with E-state index in [4.69, 9.17) is 11.6 Å². The molecule has 1 fully saturated rings. The molecule has 1 aliphatic carbocycles. The Labute approximate surface area is 237 Å².